The Hall–Kier alpha value is -0.650. The normalized spacial score (nSPS) is 26.0. The molecule has 0 radical (unpaired) electrons. The highest BCUT2D eigenvalue weighted by atomic mass is 16.5. The van der Waals surface area contributed by atoms with E-state index in [4.69, 9.17) is 9.47 Å². The molecule has 1 rings (SSSR count). The number of nitrogens with zero attached hydrogens (tertiary/aromatic N) is 1. The molecule has 124 valence electrons. The molecule has 0 spiro atoms. The maximum absolute atomic E-state index is 12.4. The monoisotopic (exact) mass is 300 g/mol. The molecule has 0 amide bonds. The molecule has 1 heterocycles. The second-order valence-electron chi connectivity index (χ2n) is 5.61. The third-order valence-corrected chi connectivity index (χ3v) is 4.37. The molecule has 1 N–H and O–H groups in total. The van der Waals surface area contributed by atoms with E-state index in [-0.39, 0.29) is 12.1 Å². The Bertz CT molecular complexity index is 308. The second-order valence-corrected chi connectivity index (χ2v) is 5.61. The van der Waals surface area contributed by atoms with E-state index in [1.807, 2.05) is 6.92 Å². The smallest absolute Gasteiger partial charge is 0.326 e. The molecule has 21 heavy (non-hydrogen) atoms. The summed E-state index contributed by atoms with van der Waals surface area (Å²) in [6.45, 7) is 13.1. The third kappa shape index (κ3) is 5.24. The largest absolute Gasteiger partial charge is 0.465 e. The Morgan fingerprint density at radius 1 is 1.33 bits per heavy atom. The van der Waals surface area contributed by atoms with Gasteiger partial charge in [0.1, 0.15) is 5.54 Å². The molecule has 0 aromatic carbocycles. The van der Waals surface area contributed by atoms with E-state index in [1.165, 1.54) is 0 Å². The summed E-state index contributed by atoms with van der Waals surface area (Å²) in [5.41, 5.74) is -0.567. The fourth-order valence-electron chi connectivity index (χ4n) is 2.89. The van der Waals surface area contributed by atoms with Gasteiger partial charge in [0, 0.05) is 26.1 Å². The van der Waals surface area contributed by atoms with Gasteiger partial charge in [0.05, 0.1) is 12.7 Å². The first-order valence-corrected chi connectivity index (χ1v) is 8.38. The summed E-state index contributed by atoms with van der Waals surface area (Å²) >= 11 is 0. The predicted octanol–water partition coefficient (Wildman–Crippen LogP) is 1.81. The Kier molecular flexibility index (Phi) is 8.22. The van der Waals surface area contributed by atoms with Crippen molar-refractivity contribution in [3.05, 3.63) is 0 Å². The highest BCUT2D eigenvalue weighted by molar-refractivity contribution is 5.81. The first kappa shape index (κ1) is 18.4. The van der Waals surface area contributed by atoms with Crippen molar-refractivity contribution in [1.29, 1.82) is 0 Å². The molecule has 0 saturated carbocycles. The maximum atomic E-state index is 12.4. The zero-order valence-corrected chi connectivity index (χ0v) is 14.1. The van der Waals surface area contributed by atoms with Gasteiger partial charge in [-0.1, -0.05) is 20.8 Å². The molecule has 5 nitrogen and oxygen atoms in total. The van der Waals surface area contributed by atoms with E-state index in [2.05, 4.69) is 31.0 Å². The third-order valence-electron chi connectivity index (χ3n) is 4.37. The Morgan fingerprint density at radius 3 is 2.62 bits per heavy atom. The molecule has 0 aromatic heterocycles. The lowest BCUT2D eigenvalue weighted by atomic mass is 9.85. The van der Waals surface area contributed by atoms with Gasteiger partial charge in [0.2, 0.25) is 0 Å². The Morgan fingerprint density at radius 2 is 2.05 bits per heavy atom. The molecular weight excluding hydrogens is 268 g/mol. The highest BCUT2D eigenvalue weighted by Gasteiger charge is 2.43. The van der Waals surface area contributed by atoms with Crippen LogP contribution in [0.4, 0.5) is 0 Å². The summed E-state index contributed by atoms with van der Waals surface area (Å²) in [6, 6.07) is 0. The van der Waals surface area contributed by atoms with Crippen molar-refractivity contribution in [2.75, 3.05) is 39.4 Å². The topological polar surface area (TPSA) is 50.8 Å². The van der Waals surface area contributed by atoms with Crippen molar-refractivity contribution in [2.45, 2.75) is 58.6 Å². The van der Waals surface area contributed by atoms with E-state index in [9.17, 15) is 4.79 Å². The number of rotatable bonds is 9. The van der Waals surface area contributed by atoms with E-state index >= 15 is 0 Å². The summed E-state index contributed by atoms with van der Waals surface area (Å²) in [7, 11) is 0. The van der Waals surface area contributed by atoms with E-state index in [1.54, 1.807) is 0 Å². The summed E-state index contributed by atoms with van der Waals surface area (Å²) in [4.78, 5) is 14.8. The van der Waals surface area contributed by atoms with Crippen molar-refractivity contribution in [2.24, 2.45) is 0 Å². The van der Waals surface area contributed by atoms with Crippen LogP contribution in [-0.4, -0.2) is 61.9 Å². The molecule has 2 atom stereocenters. The first-order valence-electron chi connectivity index (χ1n) is 8.38. The van der Waals surface area contributed by atoms with Gasteiger partial charge in [0.15, 0.2) is 0 Å². The zero-order valence-electron chi connectivity index (χ0n) is 14.1. The minimum Gasteiger partial charge on any atom is -0.465 e. The molecule has 1 fully saturated rings. The first-order chi connectivity index (χ1) is 10.1. The average Bonchev–Trinajstić information content (AvgIpc) is 2.52. The minimum absolute atomic E-state index is 0.119. The number of hydrogen-bond donors (Lipinski definition) is 1. The van der Waals surface area contributed by atoms with Crippen molar-refractivity contribution in [1.82, 2.24) is 10.2 Å². The van der Waals surface area contributed by atoms with Crippen LogP contribution in [-0.2, 0) is 14.3 Å². The van der Waals surface area contributed by atoms with Crippen LogP contribution in [0.25, 0.3) is 0 Å². The SMILES string of the molecule is CCOC(=O)C1(NCCN(CC)CC)CCOC(CC)C1. The number of likely N-dealkylation sites (N-methyl/N-ethyl adjacent to an activating group) is 1. The van der Waals surface area contributed by atoms with E-state index in [0.717, 1.165) is 32.6 Å². The Balaban J connectivity index is 2.66. The quantitative estimate of drug-likeness (QED) is 0.658. The number of nitrogens with one attached hydrogen (secondary N) is 1. The Labute approximate surface area is 129 Å². The van der Waals surface area contributed by atoms with Crippen molar-refractivity contribution in [3.63, 3.8) is 0 Å². The minimum atomic E-state index is -0.567. The zero-order chi connectivity index (χ0) is 15.7. The van der Waals surface area contributed by atoms with Gasteiger partial charge in [-0.25, -0.2) is 0 Å². The van der Waals surface area contributed by atoms with Crippen LogP contribution < -0.4 is 5.32 Å². The van der Waals surface area contributed by atoms with Gasteiger partial charge in [0.25, 0.3) is 0 Å². The van der Waals surface area contributed by atoms with Gasteiger partial charge in [-0.15, -0.1) is 0 Å². The number of esters is 1. The number of carbonyl (C=O) groups excluding carboxylic acids is 1. The molecule has 0 bridgehead atoms. The molecular formula is C16H32N2O3. The van der Waals surface area contributed by atoms with Crippen LogP contribution in [0.1, 0.15) is 47.0 Å². The molecule has 0 aromatic rings. The van der Waals surface area contributed by atoms with Gasteiger partial charge >= 0.3 is 5.97 Å². The fraction of sp³-hybridized carbons (Fsp3) is 0.938. The van der Waals surface area contributed by atoms with Gasteiger partial charge in [-0.3, -0.25) is 4.79 Å². The van der Waals surface area contributed by atoms with Crippen LogP contribution in [0, 0.1) is 0 Å². The van der Waals surface area contributed by atoms with Gasteiger partial charge in [-0.05, 0) is 32.9 Å². The molecule has 1 aliphatic rings. The van der Waals surface area contributed by atoms with Gasteiger partial charge < -0.3 is 19.7 Å². The van der Waals surface area contributed by atoms with Gasteiger partial charge in [-0.2, -0.15) is 0 Å². The number of hydrogen-bond acceptors (Lipinski definition) is 5. The summed E-state index contributed by atoms with van der Waals surface area (Å²) in [6.07, 6.45) is 2.48. The molecule has 1 aliphatic heterocycles. The average molecular weight is 300 g/mol. The fourth-order valence-corrected chi connectivity index (χ4v) is 2.89. The summed E-state index contributed by atoms with van der Waals surface area (Å²) < 4.78 is 11.0. The van der Waals surface area contributed by atoms with Crippen molar-refractivity contribution >= 4 is 5.97 Å². The van der Waals surface area contributed by atoms with Crippen LogP contribution in [0.15, 0.2) is 0 Å². The summed E-state index contributed by atoms with van der Waals surface area (Å²) in [5.74, 6) is -0.119. The molecule has 5 heteroatoms. The number of carbonyl (C=O) groups is 1. The lowest BCUT2D eigenvalue weighted by Crippen LogP contribution is -2.59. The van der Waals surface area contributed by atoms with Crippen LogP contribution >= 0.6 is 0 Å². The van der Waals surface area contributed by atoms with Crippen molar-refractivity contribution < 1.29 is 14.3 Å². The van der Waals surface area contributed by atoms with Crippen molar-refractivity contribution in [3.8, 4) is 0 Å². The second kappa shape index (κ2) is 9.38. The van der Waals surface area contributed by atoms with Crippen LogP contribution in [0.2, 0.25) is 0 Å². The molecule has 0 aliphatic carbocycles. The molecule has 2 unspecified atom stereocenters. The predicted molar refractivity (Wildman–Crippen MR) is 84.4 cm³/mol. The number of ether oxygens (including phenoxy) is 2. The van der Waals surface area contributed by atoms with E-state index < -0.39 is 5.54 Å². The lowest BCUT2D eigenvalue weighted by Gasteiger charge is -2.39. The van der Waals surface area contributed by atoms with E-state index in [0.29, 0.717) is 26.1 Å². The standard InChI is InChI=1S/C16H32N2O3/c1-5-14-13-16(9-12-21-14,15(19)20-8-4)17-10-11-18(6-2)7-3/h14,17H,5-13H2,1-4H3. The summed E-state index contributed by atoms with van der Waals surface area (Å²) in [5, 5.41) is 3.49. The molecule has 1 saturated heterocycles. The van der Waals surface area contributed by atoms with Crippen LogP contribution in [0.5, 0.6) is 0 Å². The van der Waals surface area contributed by atoms with Crippen LogP contribution in [0.3, 0.4) is 0 Å². The lowest BCUT2D eigenvalue weighted by molar-refractivity contribution is -0.158. The highest BCUT2D eigenvalue weighted by Crippen LogP contribution is 2.28. The maximum Gasteiger partial charge on any atom is 0.326 e.